The Hall–Kier alpha value is -0.790. The van der Waals surface area contributed by atoms with E-state index in [1.807, 2.05) is 6.92 Å². The molecule has 1 aliphatic rings. The molecule has 1 aliphatic carbocycles. The molecule has 0 radical (unpaired) electrons. The summed E-state index contributed by atoms with van der Waals surface area (Å²) in [5.74, 6) is 0.0156. The van der Waals surface area contributed by atoms with E-state index in [0.29, 0.717) is 5.92 Å². The summed E-state index contributed by atoms with van der Waals surface area (Å²) in [5.41, 5.74) is 0.636. The van der Waals surface area contributed by atoms with Gasteiger partial charge < -0.3 is 5.11 Å². The van der Waals surface area contributed by atoms with Crippen molar-refractivity contribution >= 4 is 5.97 Å². The van der Waals surface area contributed by atoms with Crippen molar-refractivity contribution < 1.29 is 9.90 Å². The average Bonchev–Trinajstić information content (AvgIpc) is 2.26. The van der Waals surface area contributed by atoms with Gasteiger partial charge in [-0.1, -0.05) is 31.8 Å². The molecule has 0 amide bonds. The number of hydrogen-bond donors (Lipinski definition) is 1. The third kappa shape index (κ3) is 3.10. The smallest absolute Gasteiger partial charge is 0.309 e. The zero-order valence-corrected chi connectivity index (χ0v) is 10.6. The Morgan fingerprint density at radius 3 is 2.75 bits per heavy atom. The molecule has 0 bridgehead atoms. The van der Waals surface area contributed by atoms with Gasteiger partial charge in [-0.3, -0.25) is 4.79 Å². The van der Waals surface area contributed by atoms with Crippen LogP contribution in [0.1, 0.15) is 58.8 Å². The zero-order valence-electron chi connectivity index (χ0n) is 10.6. The van der Waals surface area contributed by atoms with Crippen LogP contribution in [0.15, 0.2) is 12.2 Å². The molecule has 0 saturated heterocycles. The minimum absolute atomic E-state index is 0.460. The highest BCUT2D eigenvalue weighted by atomic mass is 16.4. The van der Waals surface area contributed by atoms with Crippen molar-refractivity contribution in [3.8, 4) is 0 Å². The Morgan fingerprint density at radius 1 is 1.56 bits per heavy atom. The first-order valence-corrected chi connectivity index (χ1v) is 6.38. The van der Waals surface area contributed by atoms with Gasteiger partial charge in [-0.2, -0.15) is 0 Å². The van der Waals surface area contributed by atoms with Crippen LogP contribution in [-0.2, 0) is 4.79 Å². The fraction of sp³-hybridized carbons (Fsp3) is 0.786. The van der Waals surface area contributed by atoms with Gasteiger partial charge in [0, 0.05) is 0 Å². The van der Waals surface area contributed by atoms with Crippen molar-refractivity contribution in [3.05, 3.63) is 12.2 Å². The molecule has 1 fully saturated rings. The summed E-state index contributed by atoms with van der Waals surface area (Å²) in [6.07, 6.45) is 6.73. The lowest BCUT2D eigenvalue weighted by atomic mass is 9.66. The molecule has 2 unspecified atom stereocenters. The predicted octanol–water partition coefficient (Wildman–Crippen LogP) is 4.01. The maximum Gasteiger partial charge on any atom is 0.309 e. The van der Waals surface area contributed by atoms with Gasteiger partial charge in [0.1, 0.15) is 0 Å². The third-order valence-corrected chi connectivity index (χ3v) is 4.01. The predicted molar refractivity (Wildman–Crippen MR) is 66.4 cm³/mol. The van der Waals surface area contributed by atoms with Crippen molar-refractivity contribution in [1.82, 2.24) is 0 Å². The number of hydrogen-bond acceptors (Lipinski definition) is 1. The minimum Gasteiger partial charge on any atom is -0.481 e. The van der Waals surface area contributed by atoms with Crippen molar-refractivity contribution in [2.45, 2.75) is 58.8 Å². The second-order valence-electron chi connectivity index (χ2n) is 5.41. The summed E-state index contributed by atoms with van der Waals surface area (Å²) >= 11 is 0. The van der Waals surface area contributed by atoms with Crippen molar-refractivity contribution in [3.63, 3.8) is 0 Å². The van der Waals surface area contributed by atoms with E-state index < -0.39 is 11.4 Å². The van der Waals surface area contributed by atoms with Crippen LogP contribution in [0.25, 0.3) is 0 Å². The minimum atomic E-state index is -0.591. The summed E-state index contributed by atoms with van der Waals surface area (Å²) < 4.78 is 0. The summed E-state index contributed by atoms with van der Waals surface area (Å²) in [6, 6.07) is 0. The topological polar surface area (TPSA) is 37.3 Å². The molecule has 92 valence electrons. The second kappa shape index (κ2) is 5.51. The van der Waals surface area contributed by atoms with Gasteiger partial charge in [-0.25, -0.2) is 0 Å². The number of carboxylic acids is 1. The molecule has 1 saturated carbocycles. The average molecular weight is 224 g/mol. The second-order valence-corrected chi connectivity index (χ2v) is 5.41. The molecule has 1 rings (SSSR count). The molecule has 0 aliphatic heterocycles. The Morgan fingerprint density at radius 2 is 2.25 bits per heavy atom. The van der Waals surface area contributed by atoms with E-state index in [0.717, 1.165) is 44.1 Å². The third-order valence-electron chi connectivity index (χ3n) is 4.01. The summed E-state index contributed by atoms with van der Waals surface area (Å²) in [4.78, 5) is 11.5. The number of aliphatic carboxylic acids is 1. The van der Waals surface area contributed by atoms with E-state index in [1.54, 1.807) is 0 Å². The molecule has 0 aromatic rings. The van der Waals surface area contributed by atoms with Crippen LogP contribution < -0.4 is 0 Å². The lowest BCUT2D eigenvalue weighted by Crippen LogP contribution is -2.36. The van der Waals surface area contributed by atoms with Crippen LogP contribution in [-0.4, -0.2) is 11.1 Å². The van der Waals surface area contributed by atoms with Crippen LogP contribution in [0.3, 0.4) is 0 Å². The molecule has 2 heteroatoms. The molecule has 0 aromatic carbocycles. The Kier molecular flexibility index (Phi) is 4.57. The highest BCUT2D eigenvalue weighted by Crippen LogP contribution is 2.44. The first kappa shape index (κ1) is 13.3. The van der Waals surface area contributed by atoms with Crippen LogP contribution in [0.4, 0.5) is 0 Å². The van der Waals surface area contributed by atoms with Crippen molar-refractivity contribution in [1.29, 1.82) is 0 Å². The SMILES string of the molecule is C=C(C)CCC1(C(=O)O)CCCC(CC)C1. The Labute approximate surface area is 98.7 Å². The van der Waals surface area contributed by atoms with Gasteiger partial charge in [-0.05, 0) is 38.5 Å². The highest BCUT2D eigenvalue weighted by Gasteiger charge is 2.41. The van der Waals surface area contributed by atoms with E-state index in [2.05, 4.69) is 13.5 Å². The van der Waals surface area contributed by atoms with E-state index in [4.69, 9.17) is 0 Å². The van der Waals surface area contributed by atoms with Gasteiger partial charge >= 0.3 is 5.97 Å². The number of allylic oxidation sites excluding steroid dienone is 1. The number of carbonyl (C=O) groups is 1. The lowest BCUT2D eigenvalue weighted by Gasteiger charge is -2.37. The van der Waals surface area contributed by atoms with Gasteiger partial charge in [0.25, 0.3) is 0 Å². The van der Waals surface area contributed by atoms with E-state index in [9.17, 15) is 9.90 Å². The molecule has 0 heterocycles. The maximum absolute atomic E-state index is 11.5. The van der Waals surface area contributed by atoms with Gasteiger partial charge in [0.05, 0.1) is 5.41 Å². The quantitative estimate of drug-likeness (QED) is 0.716. The summed E-state index contributed by atoms with van der Waals surface area (Å²) in [6.45, 7) is 8.03. The van der Waals surface area contributed by atoms with E-state index in [1.165, 1.54) is 6.42 Å². The highest BCUT2D eigenvalue weighted by molar-refractivity contribution is 5.74. The van der Waals surface area contributed by atoms with Gasteiger partial charge in [-0.15, -0.1) is 6.58 Å². The molecular weight excluding hydrogens is 200 g/mol. The van der Waals surface area contributed by atoms with Crippen molar-refractivity contribution in [2.24, 2.45) is 11.3 Å². The molecule has 0 aromatic heterocycles. The standard InChI is InChI=1S/C14H24O2/c1-4-12-6-5-8-14(10-12,13(15)16)9-7-11(2)3/h12H,2,4-10H2,1,3H3,(H,15,16). The molecule has 1 N–H and O–H groups in total. The van der Waals surface area contributed by atoms with Crippen molar-refractivity contribution in [2.75, 3.05) is 0 Å². The number of rotatable bonds is 5. The van der Waals surface area contributed by atoms with Crippen LogP contribution in [0.5, 0.6) is 0 Å². The number of carboxylic acid groups (broad SMARTS) is 1. The van der Waals surface area contributed by atoms with Crippen LogP contribution in [0, 0.1) is 11.3 Å². The normalized spacial score (nSPS) is 30.0. The Bertz CT molecular complexity index is 270. The first-order chi connectivity index (χ1) is 7.50. The van der Waals surface area contributed by atoms with Gasteiger partial charge in [0.2, 0.25) is 0 Å². The van der Waals surface area contributed by atoms with E-state index in [-0.39, 0.29) is 0 Å². The Balaban J connectivity index is 2.71. The lowest BCUT2D eigenvalue weighted by molar-refractivity contribution is -0.152. The molecule has 2 nitrogen and oxygen atoms in total. The molecule has 2 atom stereocenters. The maximum atomic E-state index is 11.5. The van der Waals surface area contributed by atoms with E-state index >= 15 is 0 Å². The fourth-order valence-corrected chi connectivity index (χ4v) is 2.82. The van der Waals surface area contributed by atoms with Crippen LogP contribution in [0.2, 0.25) is 0 Å². The molecule has 0 spiro atoms. The molecule has 16 heavy (non-hydrogen) atoms. The molecular formula is C14H24O2. The monoisotopic (exact) mass is 224 g/mol. The van der Waals surface area contributed by atoms with Gasteiger partial charge in [0.15, 0.2) is 0 Å². The fourth-order valence-electron chi connectivity index (χ4n) is 2.82. The largest absolute Gasteiger partial charge is 0.481 e. The summed E-state index contributed by atoms with van der Waals surface area (Å²) in [5, 5.41) is 9.49. The van der Waals surface area contributed by atoms with Crippen LogP contribution >= 0.6 is 0 Å². The first-order valence-electron chi connectivity index (χ1n) is 6.38. The summed E-state index contributed by atoms with van der Waals surface area (Å²) in [7, 11) is 0. The zero-order chi connectivity index (χ0) is 12.2.